The van der Waals surface area contributed by atoms with Gasteiger partial charge in [-0.1, -0.05) is 37.4 Å². The molecule has 1 atom stereocenters. The van der Waals surface area contributed by atoms with E-state index in [1.54, 1.807) is 0 Å². The third-order valence-electron chi connectivity index (χ3n) is 2.31. The average Bonchev–Trinajstić information content (AvgIpc) is 2.16. The molecule has 1 heteroatoms. The van der Waals surface area contributed by atoms with E-state index in [0.29, 0.717) is 5.92 Å². The summed E-state index contributed by atoms with van der Waals surface area (Å²) < 4.78 is 0. The molecule has 0 saturated heterocycles. The zero-order valence-electron chi connectivity index (χ0n) is 7.97. The van der Waals surface area contributed by atoms with Gasteiger partial charge in [-0.25, -0.2) is 0 Å². The van der Waals surface area contributed by atoms with Crippen LogP contribution in [-0.4, -0.2) is 0 Å². The molecular weight excluding hydrogens is 180 g/mol. The van der Waals surface area contributed by atoms with Crippen LogP contribution < -0.4 is 0 Å². The topological polar surface area (TPSA) is 0 Å². The first kappa shape index (κ1) is 10.2. The van der Waals surface area contributed by atoms with E-state index in [9.17, 15) is 0 Å². The Morgan fingerprint density at radius 1 is 1.54 bits per heavy atom. The molecule has 0 radical (unpaired) electrons. The van der Waals surface area contributed by atoms with Crippen LogP contribution in [0.4, 0.5) is 0 Å². The van der Waals surface area contributed by atoms with Gasteiger partial charge in [0.25, 0.3) is 0 Å². The van der Waals surface area contributed by atoms with E-state index in [1.807, 2.05) is 18.2 Å². The Kier molecular flexibility index (Phi) is 3.39. The molecule has 0 aliphatic heterocycles. The SMILES string of the molecule is C#Cc1ccc(C(C)CC)c(Cl)c1. The van der Waals surface area contributed by atoms with Crippen molar-refractivity contribution in [2.75, 3.05) is 0 Å². The molecule has 1 aromatic carbocycles. The van der Waals surface area contributed by atoms with Gasteiger partial charge in [-0.2, -0.15) is 0 Å². The summed E-state index contributed by atoms with van der Waals surface area (Å²) in [4.78, 5) is 0. The van der Waals surface area contributed by atoms with Gasteiger partial charge in [0.2, 0.25) is 0 Å². The van der Waals surface area contributed by atoms with Crippen molar-refractivity contribution in [1.29, 1.82) is 0 Å². The summed E-state index contributed by atoms with van der Waals surface area (Å²) >= 11 is 6.09. The summed E-state index contributed by atoms with van der Waals surface area (Å²) in [6.07, 6.45) is 6.36. The highest BCUT2D eigenvalue weighted by Gasteiger charge is 2.07. The van der Waals surface area contributed by atoms with Gasteiger partial charge in [0.1, 0.15) is 0 Å². The Hall–Kier alpha value is -0.930. The molecule has 1 aromatic rings. The first-order valence-electron chi connectivity index (χ1n) is 4.45. The van der Waals surface area contributed by atoms with Gasteiger partial charge >= 0.3 is 0 Å². The molecule has 0 spiro atoms. The van der Waals surface area contributed by atoms with Crippen LogP contribution in [0.2, 0.25) is 5.02 Å². The predicted octanol–water partition coefficient (Wildman–Crippen LogP) is 3.83. The van der Waals surface area contributed by atoms with Gasteiger partial charge in [-0.05, 0) is 30.0 Å². The van der Waals surface area contributed by atoms with Crippen LogP contribution in [0.25, 0.3) is 0 Å². The molecule has 0 aliphatic carbocycles. The van der Waals surface area contributed by atoms with Crippen LogP contribution in [0.15, 0.2) is 18.2 Å². The third kappa shape index (κ3) is 2.26. The van der Waals surface area contributed by atoms with Gasteiger partial charge in [0.05, 0.1) is 0 Å². The lowest BCUT2D eigenvalue weighted by Crippen LogP contribution is -1.92. The van der Waals surface area contributed by atoms with Crippen molar-refractivity contribution >= 4 is 11.6 Å². The Bertz CT molecular complexity index is 333. The number of halogens is 1. The molecule has 0 aliphatic rings. The molecule has 0 N–H and O–H groups in total. The minimum Gasteiger partial charge on any atom is -0.115 e. The molecule has 0 heterocycles. The first-order chi connectivity index (χ1) is 6.19. The van der Waals surface area contributed by atoms with E-state index >= 15 is 0 Å². The fourth-order valence-electron chi connectivity index (χ4n) is 1.24. The maximum absolute atomic E-state index is 6.09. The summed E-state index contributed by atoms with van der Waals surface area (Å²) in [6.45, 7) is 4.31. The van der Waals surface area contributed by atoms with Gasteiger partial charge in [0.15, 0.2) is 0 Å². The molecule has 0 amide bonds. The fraction of sp³-hybridized carbons (Fsp3) is 0.333. The number of hydrogen-bond donors (Lipinski definition) is 0. The highest BCUT2D eigenvalue weighted by Crippen LogP contribution is 2.27. The normalized spacial score (nSPS) is 12.2. The van der Waals surface area contributed by atoms with Crippen molar-refractivity contribution in [2.24, 2.45) is 0 Å². The highest BCUT2D eigenvalue weighted by molar-refractivity contribution is 6.31. The monoisotopic (exact) mass is 192 g/mol. The molecule has 0 nitrogen and oxygen atoms in total. The Labute approximate surface area is 84.9 Å². The van der Waals surface area contributed by atoms with E-state index in [-0.39, 0.29) is 0 Å². The number of rotatable bonds is 2. The van der Waals surface area contributed by atoms with Crippen LogP contribution in [0, 0.1) is 12.3 Å². The second kappa shape index (κ2) is 4.35. The second-order valence-electron chi connectivity index (χ2n) is 3.19. The van der Waals surface area contributed by atoms with Gasteiger partial charge in [0, 0.05) is 10.6 Å². The van der Waals surface area contributed by atoms with Crippen LogP contribution in [-0.2, 0) is 0 Å². The summed E-state index contributed by atoms with van der Waals surface area (Å²) in [5, 5.41) is 0.782. The standard InChI is InChI=1S/C12H13Cl/c1-4-9(3)11-7-6-10(5-2)8-12(11)13/h2,6-9H,4H2,1,3H3. The summed E-state index contributed by atoms with van der Waals surface area (Å²) in [5.74, 6) is 3.07. The van der Waals surface area contributed by atoms with E-state index in [0.717, 1.165) is 17.0 Å². The number of terminal acetylenes is 1. The van der Waals surface area contributed by atoms with Crippen molar-refractivity contribution in [2.45, 2.75) is 26.2 Å². The molecule has 68 valence electrons. The Balaban J connectivity index is 3.07. The quantitative estimate of drug-likeness (QED) is 0.625. The van der Waals surface area contributed by atoms with Crippen molar-refractivity contribution in [3.63, 3.8) is 0 Å². The van der Waals surface area contributed by atoms with Gasteiger partial charge in [-0.15, -0.1) is 6.42 Å². The largest absolute Gasteiger partial charge is 0.115 e. The van der Waals surface area contributed by atoms with Gasteiger partial charge in [-0.3, -0.25) is 0 Å². The zero-order valence-corrected chi connectivity index (χ0v) is 8.73. The fourth-order valence-corrected chi connectivity index (χ4v) is 1.60. The molecule has 1 unspecified atom stereocenters. The predicted molar refractivity (Wildman–Crippen MR) is 58.1 cm³/mol. The molecular formula is C12H13Cl. The van der Waals surface area contributed by atoms with Crippen LogP contribution in [0.1, 0.15) is 37.3 Å². The molecule has 0 aromatic heterocycles. The minimum absolute atomic E-state index is 0.499. The van der Waals surface area contributed by atoms with Crippen molar-refractivity contribution in [3.05, 3.63) is 34.3 Å². The lowest BCUT2D eigenvalue weighted by Gasteiger charge is -2.10. The zero-order chi connectivity index (χ0) is 9.84. The third-order valence-corrected chi connectivity index (χ3v) is 2.64. The maximum Gasteiger partial charge on any atom is 0.0453 e. The maximum atomic E-state index is 6.09. The summed E-state index contributed by atoms with van der Waals surface area (Å²) in [5.41, 5.74) is 2.03. The molecule has 0 fully saturated rings. The highest BCUT2D eigenvalue weighted by atomic mass is 35.5. The van der Waals surface area contributed by atoms with Crippen molar-refractivity contribution in [3.8, 4) is 12.3 Å². The smallest absolute Gasteiger partial charge is 0.0453 e. The summed E-state index contributed by atoms with van der Waals surface area (Å²) in [6, 6.07) is 5.81. The first-order valence-corrected chi connectivity index (χ1v) is 4.83. The number of benzene rings is 1. The molecule has 0 saturated carbocycles. The Morgan fingerprint density at radius 2 is 2.23 bits per heavy atom. The lowest BCUT2D eigenvalue weighted by atomic mass is 9.97. The Morgan fingerprint density at radius 3 is 2.69 bits per heavy atom. The average molecular weight is 193 g/mol. The van der Waals surface area contributed by atoms with Crippen molar-refractivity contribution < 1.29 is 0 Å². The van der Waals surface area contributed by atoms with Gasteiger partial charge < -0.3 is 0 Å². The van der Waals surface area contributed by atoms with E-state index in [2.05, 4.69) is 19.8 Å². The lowest BCUT2D eigenvalue weighted by molar-refractivity contribution is 0.734. The summed E-state index contributed by atoms with van der Waals surface area (Å²) in [7, 11) is 0. The van der Waals surface area contributed by atoms with E-state index in [1.165, 1.54) is 5.56 Å². The second-order valence-corrected chi connectivity index (χ2v) is 3.60. The van der Waals surface area contributed by atoms with E-state index in [4.69, 9.17) is 18.0 Å². The minimum atomic E-state index is 0.499. The molecule has 0 bridgehead atoms. The van der Waals surface area contributed by atoms with Crippen molar-refractivity contribution in [1.82, 2.24) is 0 Å². The van der Waals surface area contributed by atoms with Crippen LogP contribution in [0.3, 0.4) is 0 Å². The number of hydrogen-bond acceptors (Lipinski definition) is 0. The van der Waals surface area contributed by atoms with Crippen LogP contribution in [0.5, 0.6) is 0 Å². The molecule has 13 heavy (non-hydrogen) atoms. The van der Waals surface area contributed by atoms with E-state index < -0.39 is 0 Å². The molecule has 1 rings (SSSR count). The van der Waals surface area contributed by atoms with Crippen LogP contribution >= 0.6 is 11.6 Å².